The molecule has 1 fully saturated rings. The molecule has 6 heteroatoms. The van der Waals surface area contributed by atoms with E-state index in [1.807, 2.05) is 26.8 Å². The fourth-order valence-electron chi connectivity index (χ4n) is 3.04. The summed E-state index contributed by atoms with van der Waals surface area (Å²) in [7, 11) is 0. The number of pyridine rings is 1. The van der Waals surface area contributed by atoms with Gasteiger partial charge in [-0.15, -0.1) is 0 Å². The minimum absolute atomic E-state index is 0.00672. The third kappa shape index (κ3) is 2.34. The monoisotopic (exact) mass is 289 g/mol. The van der Waals surface area contributed by atoms with Gasteiger partial charge in [0.2, 0.25) is 5.91 Å². The second-order valence-electron chi connectivity index (χ2n) is 6.71. The summed E-state index contributed by atoms with van der Waals surface area (Å²) in [6, 6.07) is 1.83. The van der Waals surface area contributed by atoms with E-state index in [-0.39, 0.29) is 11.9 Å². The normalized spacial score (nSPS) is 26.8. The summed E-state index contributed by atoms with van der Waals surface area (Å²) < 4.78 is 5.23. The van der Waals surface area contributed by atoms with Crippen LogP contribution in [-0.4, -0.2) is 28.6 Å². The number of amides is 2. The topological polar surface area (TPSA) is 80.3 Å². The highest BCUT2D eigenvalue weighted by Gasteiger charge is 2.56. The molecule has 1 aromatic heterocycles. The highest BCUT2D eigenvalue weighted by atomic mass is 16.6. The first kappa shape index (κ1) is 13.9. The second-order valence-corrected chi connectivity index (χ2v) is 6.71. The van der Waals surface area contributed by atoms with Gasteiger partial charge in [0, 0.05) is 12.2 Å². The van der Waals surface area contributed by atoms with Crippen molar-refractivity contribution in [2.45, 2.75) is 50.7 Å². The lowest BCUT2D eigenvalue weighted by Crippen LogP contribution is -2.56. The molecule has 1 aliphatic heterocycles. The van der Waals surface area contributed by atoms with Crippen molar-refractivity contribution in [1.29, 1.82) is 0 Å². The third-order valence-corrected chi connectivity index (χ3v) is 3.93. The number of hydrogen-bond donors (Lipinski definition) is 2. The van der Waals surface area contributed by atoms with Gasteiger partial charge in [-0.05, 0) is 45.2 Å². The first-order chi connectivity index (χ1) is 9.80. The van der Waals surface area contributed by atoms with Gasteiger partial charge in [0.05, 0.1) is 17.3 Å². The van der Waals surface area contributed by atoms with Crippen LogP contribution < -0.4 is 10.6 Å². The van der Waals surface area contributed by atoms with Crippen LogP contribution in [0.2, 0.25) is 0 Å². The van der Waals surface area contributed by atoms with E-state index in [2.05, 4.69) is 15.6 Å². The van der Waals surface area contributed by atoms with E-state index in [0.29, 0.717) is 12.8 Å². The fourth-order valence-corrected chi connectivity index (χ4v) is 3.04. The maximum absolute atomic E-state index is 12.2. The first-order valence-electron chi connectivity index (χ1n) is 7.06. The number of nitrogens with zero attached hydrogens (tertiary/aromatic N) is 1. The molecule has 0 saturated heterocycles. The highest BCUT2D eigenvalue weighted by Crippen LogP contribution is 2.50. The Bertz CT molecular complexity index is 600. The van der Waals surface area contributed by atoms with Gasteiger partial charge in [-0.25, -0.2) is 4.79 Å². The molecule has 112 valence electrons. The summed E-state index contributed by atoms with van der Waals surface area (Å²) in [5, 5.41) is 5.68. The average molecular weight is 289 g/mol. The molecule has 0 aromatic carbocycles. The van der Waals surface area contributed by atoms with Gasteiger partial charge >= 0.3 is 6.09 Å². The Morgan fingerprint density at radius 2 is 2.19 bits per heavy atom. The minimum atomic E-state index is -0.519. The number of rotatable bonds is 1. The van der Waals surface area contributed by atoms with Crippen molar-refractivity contribution in [2.75, 3.05) is 5.32 Å². The summed E-state index contributed by atoms with van der Waals surface area (Å²) in [5.41, 5.74) is 0.717. The van der Waals surface area contributed by atoms with Crippen LogP contribution in [0.25, 0.3) is 0 Å². The zero-order valence-corrected chi connectivity index (χ0v) is 12.4. The number of carbonyl (C=O) groups excluding carboxylic acids is 2. The van der Waals surface area contributed by atoms with Crippen LogP contribution in [0.4, 0.5) is 10.5 Å². The van der Waals surface area contributed by atoms with Crippen LogP contribution in [0.1, 0.15) is 39.2 Å². The molecular weight excluding hydrogens is 270 g/mol. The lowest BCUT2D eigenvalue weighted by atomic mass is 9.62. The Morgan fingerprint density at radius 1 is 1.48 bits per heavy atom. The SMILES string of the molecule is CC(C)(C)OC(=O)NC1CC2(C1)C(=O)Nc1cnccc12. The van der Waals surface area contributed by atoms with Crippen molar-refractivity contribution in [3.05, 3.63) is 24.0 Å². The van der Waals surface area contributed by atoms with Crippen LogP contribution in [0.5, 0.6) is 0 Å². The number of fused-ring (bicyclic) bond motifs is 2. The standard InChI is InChI=1S/C15H19N3O3/c1-14(2,3)21-13(20)17-9-6-15(7-9)10-4-5-16-8-11(10)18-12(15)19/h4-5,8-9H,6-7H2,1-3H3,(H,17,20)(H,18,19). The van der Waals surface area contributed by atoms with Crippen LogP contribution in [0, 0.1) is 0 Å². The third-order valence-electron chi connectivity index (χ3n) is 3.93. The van der Waals surface area contributed by atoms with Crippen molar-refractivity contribution in [1.82, 2.24) is 10.3 Å². The molecule has 1 saturated carbocycles. The molecule has 3 rings (SSSR count). The van der Waals surface area contributed by atoms with Crippen molar-refractivity contribution >= 4 is 17.7 Å². The van der Waals surface area contributed by atoms with Crippen molar-refractivity contribution in [2.24, 2.45) is 0 Å². The molecule has 6 nitrogen and oxygen atoms in total. The fraction of sp³-hybridized carbons (Fsp3) is 0.533. The average Bonchev–Trinajstić information content (AvgIpc) is 2.59. The highest BCUT2D eigenvalue weighted by molar-refractivity contribution is 6.07. The molecule has 2 amide bonds. The van der Waals surface area contributed by atoms with Gasteiger partial charge in [0.15, 0.2) is 0 Å². The molecule has 21 heavy (non-hydrogen) atoms. The van der Waals surface area contributed by atoms with Gasteiger partial charge in [-0.3, -0.25) is 9.78 Å². The van der Waals surface area contributed by atoms with E-state index >= 15 is 0 Å². The Balaban J connectivity index is 1.66. The predicted molar refractivity (Wildman–Crippen MR) is 76.9 cm³/mol. The van der Waals surface area contributed by atoms with E-state index in [1.54, 1.807) is 12.4 Å². The molecule has 2 aliphatic rings. The summed E-state index contributed by atoms with van der Waals surface area (Å²) in [6.07, 6.45) is 4.10. The lowest BCUT2D eigenvalue weighted by molar-refractivity contribution is -0.124. The number of nitrogens with one attached hydrogen (secondary N) is 2. The van der Waals surface area contributed by atoms with Crippen molar-refractivity contribution < 1.29 is 14.3 Å². The van der Waals surface area contributed by atoms with E-state index < -0.39 is 17.1 Å². The maximum atomic E-state index is 12.2. The first-order valence-corrected chi connectivity index (χ1v) is 7.06. The van der Waals surface area contributed by atoms with Gasteiger partial charge < -0.3 is 15.4 Å². The van der Waals surface area contributed by atoms with Crippen LogP contribution >= 0.6 is 0 Å². The van der Waals surface area contributed by atoms with Gasteiger partial charge in [-0.2, -0.15) is 0 Å². The Hall–Kier alpha value is -2.11. The molecule has 1 spiro atoms. The van der Waals surface area contributed by atoms with E-state index in [4.69, 9.17) is 4.74 Å². The van der Waals surface area contributed by atoms with Gasteiger partial charge in [0.25, 0.3) is 0 Å². The summed E-state index contributed by atoms with van der Waals surface area (Å²) in [5.74, 6) is -0.00672. The smallest absolute Gasteiger partial charge is 0.407 e. The number of hydrogen-bond acceptors (Lipinski definition) is 4. The Kier molecular flexibility index (Phi) is 2.93. The molecule has 0 atom stereocenters. The Morgan fingerprint density at radius 3 is 2.86 bits per heavy atom. The number of ether oxygens (including phenoxy) is 1. The molecule has 1 aromatic rings. The molecule has 0 bridgehead atoms. The van der Waals surface area contributed by atoms with E-state index in [1.165, 1.54) is 0 Å². The molecular formula is C15H19N3O3. The zero-order valence-electron chi connectivity index (χ0n) is 12.4. The zero-order chi connectivity index (χ0) is 15.3. The predicted octanol–water partition coefficient (Wildman–Crippen LogP) is 1.96. The Labute approximate surface area is 123 Å². The molecule has 0 radical (unpaired) electrons. The lowest BCUT2D eigenvalue weighted by Gasteiger charge is -2.43. The number of anilines is 1. The van der Waals surface area contributed by atoms with Crippen LogP contribution in [0.3, 0.4) is 0 Å². The van der Waals surface area contributed by atoms with Gasteiger partial charge in [-0.1, -0.05) is 0 Å². The van der Waals surface area contributed by atoms with Crippen LogP contribution in [0.15, 0.2) is 18.5 Å². The van der Waals surface area contributed by atoms with Crippen molar-refractivity contribution in [3.63, 3.8) is 0 Å². The summed E-state index contributed by atoms with van der Waals surface area (Å²) in [4.78, 5) is 28.0. The molecule has 2 N–H and O–H groups in total. The quantitative estimate of drug-likeness (QED) is 0.828. The van der Waals surface area contributed by atoms with E-state index in [0.717, 1.165) is 11.3 Å². The molecule has 2 heterocycles. The number of alkyl carbamates (subject to hydrolysis) is 1. The summed E-state index contributed by atoms with van der Waals surface area (Å²) >= 11 is 0. The van der Waals surface area contributed by atoms with Crippen LogP contribution in [-0.2, 0) is 14.9 Å². The minimum Gasteiger partial charge on any atom is -0.444 e. The van der Waals surface area contributed by atoms with E-state index in [9.17, 15) is 9.59 Å². The van der Waals surface area contributed by atoms with Crippen molar-refractivity contribution in [3.8, 4) is 0 Å². The molecule has 0 unspecified atom stereocenters. The summed E-state index contributed by atoms with van der Waals surface area (Å²) in [6.45, 7) is 5.47. The second kappa shape index (κ2) is 4.44. The van der Waals surface area contributed by atoms with Gasteiger partial charge in [0.1, 0.15) is 5.60 Å². The molecule has 1 aliphatic carbocycles. The maximum Gasteiger partial charge on any atom is 0.407 e. The largest absolute Gasteiger partial charge is 0.444 e. The number of aromatic nitrogens is 1. The number of carbonyl (C=O) groups is 2.